The first-order valence-corrected chi connectivity index (χ1v) is 21.4. The molecule has 0 bridgehead atoms. The minimum absolute atomic E-state index is 0.247. The highest BCUT2D eigenvalue weighted by Gasteiger charge is 2.25. The fourth-order valence-corrected chi connectivity index (χ4v) is 8.78. The summed E-state index contributed by atoms with van der Waals surface area (Å²) >= 11 is 0. The third kappa shape index (κ3) is 8.38. The maximum atomic E-state index is 14.4. The highest BCUT2D eigenvalue weighted by atomic mass is 19.2. The van der Waals surface area contributed by atoms with Crippen molar-refractivity contribution in [3.05, 3.63) is 179 Å². The molecule has 314 valence electrons. The molecule has 0 amide bonds. The number of benzene rings is 8. The molecule has 8 aromatic carbocycles. The van der Waals surface area contributed by atoms with Gasteiger partial charge in [0, 0.05) is 6.54 Å². The Bertz CT molecular complexity index is 2850. The van der Waals surface area contributed by atoms with Crippen molar-refractivity contribution in [2.75, 3.05) is 13.1 Å². The van der Waals surface area contributed by atoms with E-state index in [-0.39, 0.29) is 11.1 Å². The largest absolute Gasteiger partial charge is 0.299 e. The van der Waals surface area contributed by atoms with Crippen molar-refractivity contribution in [1.82, 2.24) is 4.90 Å². The van der Waals surface area contributed by atoms with Crippen molar-refractivity contribution in [2.24, 2.45) is 0 Å². The van der Waals surface area contributed by atoms with Crippen LogP contribution in [0.5, 0.6) is 0 Å². The van der Waals surface area contributed by atoms with Crippen LogP contribution in [0.15, 0.2) is 133 Å². The van der Waals surface area contributed by atoms with Crippen molar-refractivity contribution in [3.63, 3.8) is 0 Å². The summed E-state index contributed by atoms with van der Waals surface area (Å²) in [6.07, 6.45) is 4.91. The zero-order valence-electron chi connectivity index (χ0n) is 35.1. The van der Waals surface area contributed by atoms with Gasteiger partial charge in [-0.25, -0.2) is 26.3 Å². The van der Waals surface area contributed by atoms with Gasteiger partial charge in [-0.15, -0.1) is 0 Å². The van der Waals surface area contributed by atoms with Crippen LogP contribution in [0.25, 0.3) is 77.2 Å². The molecule has 1 nitrogen and oxygen atoms in total. The average molecular weight is 836 g/mol. The Kier molecular flexibility index (Phi) is 12.6. The summed E-state index contributed by atoms with van der Waals surface area (Å²) in [5.41, 5.74) is 10.1. The fourth-order valence-electron chi connectivity index (χ4n) is 8.78. The summed E-state index contributed by atoms with van der Waals surface area (Å²) in [5, 5.41) is 4.33. The van der Waals surface area contributed by atoms with E-state index in [2.05, 4.69) is 74.2 Å². The Morgan fingerprint density at radius 1 is 0.403 bits per heavy atom. The normalized spacial score (nSPS) is 11.6. The number of hydrogen-bond donors (Lipinski definition) is 0. The molecular weight excluding hydrogens is 789 g/mol. The lowest BCUT2D eigenvalue weighted by Crippen LogP contribution is -2.26. The molecule has 0 saturated heterocycles. The van der Waals surface area contributed by atoms with Gasteiger partial charge in [0.1, 0.15) is 0 Å². The summed E-state index contributed by atoms with van der Waals surface area (Å²) in [4.78, 5) is 2.56. The van der Waals surface area contributed by atoms with Gasteiger partial charge < -0.3 is 0 Å². The molecule has 8 rings (SSSR count). The number of rotatable bonds is 14. The van der Waals surface area contributed by atoms with Gasteiger partial charge >= 0.3 is 0 Å². The lowest BCUT2D eigenvalue weighted by molar-refractivity contribution is 0.258. The van der Waals surface area contributed by atoms with Crippen LogP contribution >= 0.6 is 0 Å². The van der Waals surface area contributed by atoms with Crippen LogP contribution in [-0.4, -0.2) is 18.0 Å². The van der Waals surface area contributed by atoms with Crippen LogP contribution in [0.1, 0.15) is 57.6 Å². The molecule has 0 N–H and O–H groups in total. The van der Waals surface area contributed by atoms with Crippen molar-refractivity contribution < 1.29 is 26.3 Å². The lowest BCUT2D eigenvalue weighted by atomic mass is 9.80. The maximum absolute atomic E-state index is 14.4. The number of unbranched alkanes of at least 4 members (excludes halogenated alkanes) is 2. The van der Waals surface area contributed by atoms with E-state index in [1.165, 1.54) is 0 Å². The Labute approximate surface area is 359 Å². The summed E-state index contributed by atoms with van der Waals surface area (Å²) in [6, 6.07) is 40.5. The summed E-state index contributed by atoms with van der Waals surface area (Å²) in [6.45, 7) is 9.11. The van der Waals surface area contributed by atoms with E-state index in [1.54, 1.807) is 0 Å². The predicted molar refractivity (Wildman–Crippen MR) is 243 cm³/mol. The second-order valence-corrected chi connectivity index (χ2v) is 16.0. The van der Waals surface area contributed by atoms with Crippen LogP contribution in [0.2, 0.25) is 0 Å². The Balaban J connectivity index is 1.38. The molecule has 0 aromatic heterocycles. The van der Waals surface area contributed by atoms with E-state index < -0.39 is 34.9 Å². The Morgan fingerprint density at radius 3 is 1.18 bits per heavy atom. The standard InChI is InChI=1S/C55H47F6N/c1-4-7-25-62(26-8-5-2)33-47-46(37-23-19-35(20-24-37)41-31-50(58)55(61)51(59)32-41)28-39-14-10-12-16-44(39)53(47)52-42(6-3)45(27-38-13-9-11-15-43(38)52)36-21-17-34(18-22-36)40-29-48(56)54(60)49(57)30-40/h9-24,27-32H,4-8,25-26,33H2,1-3H3. The van der Waals surface area contributed by atoms with Crippen molar-refractivity contribution >= 4 is 21.5 Å². The van der Waals surface area contributed by atoms with Crippen LogP contribution in [0.4, 0.5) is 26.3 Å². The van der Waals surface area contributed by atoms with Gasteiger partial charge in [-0.2, -0.15) is 0 Å². The van der Waals surface area contributed by atoms with Gasteiger partial charge in [0.2, 0.25) is 0 Å². The molecule has 7 heteroatoms. The van der Waals surface area contributed by atoms with Gasteiger partial charge in [-0.1, -0.05) is 131 Å². The smallest absolute Gasteiger partial charge is 0.194 e. The third-order valence-electron chi connectivity index (χ3n) is 12.0. The fraction of sp³-hybridized carbons (Fsp3) is 0.200. The van der Waals surface area contributed by atoms with Crippen LogP contribution in [-0.2, 0) is 13.0 Å². The van der Waals surface area contributed by atoms with Crippen LogP contribution < -0.4 is 0 Å². The molecule has 0 heterocycles. The van der Waals surface area contributed by atoms with E-state index in [0.29, 0.717) is 24.1 Å². The molecule has 62 heavy (non-hydrogen) atoms. The minimum atomic E-state index is -1.49. The Hall–Kier alpha value is -6.18. The quantitative estimate of drug-likeness (QED) is 0.0779. The van der Waals surface area contributed by atoms with E-state index in [9.17, 15) is 26.3 Å². The minimum Gasteiger partial charge on any atom is -0.299 e. The highest BCUT2D eigenvalue weighted by molar-refractivity contribution is 6.12. The van der Waals surface area contributed by atoms with Gasteiger partial charge in [0.25, 0.3) is 0 Å². The molecular formula is C55H47F6N. The molecule has 0 aliphatic heterocycles. The molecule has 0 aliphatic rings. The maximum Gasteiger partial charge on any atom is 0.194 e. The highest BCUT2D eigenvalue weighted by Crippen LogP contribution is 2.47. The predicted octanol–water partition coefficient (Wildman–Crippen LogP) is 16.1. The molecule has 0 spiro atoms. The lowest BCUT2D eigenvalue weighted by Gasteiger charge is -2.28. The van der Waals surface area contributed by atoms with Gasteiger partial charge in [-0.05, 0) is 157 Å². The average Bonchev–Trinajstić information content (AvgIpc) is 3.29. The van der Waals surface area contributed by atoms with Gasteiger partial charge in [-0.3, -0.25) is 4.90 Å². The first-order valence-electron chi connectivity index (χ1n) is 21.4. The zero-order chi connectivity index (χ0) is 43.5. The SMILES string of the molecule is CCCCN(CCCC)Cc1c(-c2ccc(-c3cc(F)c(F)c(F)c3)cc2)cc2ccccc2c1-c1c(CC)c(-c2ccc(-c3cc(F)c(F)c(F)c3)cc2)cc2ccccc12. The van der Waals surface area contributed by atoms with E-state index in [4.69, 9.17) is 0 Å². The summed E-state index contributed by atoms with van der Waals surface area (Å²) < 4.78 is 85.0. The summed E-state index contributed by atoms with van der Waals surface area (Å²) in [7, 11) is 0. The second kappa shape index (κ2) is 18.4. The molecule has 0 radical (unpaired) electrons. The van der Waals surface area contributed by atoms with Gasteiger partial charge in [0.15, 0.2) is 34.9 Å². The van der Waals surface area contributed by atoms with Crippen molar-refractivity contribution in [3.8, 4) is 55.6 Å². The number of halogens is 6. The van der Waals surface area contributed by atoms with Crippen LogP contribution in [0, 0.1) is 34.9 Å². The molecule has 0 unspecified atom stereocenters. The van der Waals surface area contributed by atoms with Gasteiger partial charge in [0.05, 0.1) is 0 Å². The number of fused-ring (bicyclic) bond motifs is 2. The third-order valence-corrected chi connectivity index (χ3v) is 12.0. The first-order chi connectivity index (χ1) is 30.1. The monoisotopic (exact) mass is 835 g/mol. The van der Waals surface area contributed by atoms with Crippen molar-refractivity contribution in [1.29, 1.82) is 0 Å². The number of hydrogen-bond acceptors (Lipinski definition) is 1. The van der Waals surface area contributed by atoms with E-state index in [0.717, 1.165) is 129 Å². The van der Waals surface area contributed by atoms with Crippen LogP contribution in [0.3, 0.4) is 0 Å². The van der Waals surface area contributed by atoms with E-state index in [1.807, 2.05) is 60.7 Å². The molecule has 0 aliphatic carbocycles. The molecule has 0 fully saturated rings. The zero-order valence-corrected chi connectivity index (χ0v) is 35.1. The molecule has 0 saturated carbocycles. The molecule has 8 aromatic rings. The summed E-state index contributed by atoms with van der Waals surface area (Å²) in [5.74, 6) is -7.93. The number of nitrogens with zero attached hydrogens (tertiary/aromatic N) is 1. The van der Waals surface area contributed by atoms with E-state index >= 15 is 0 Å². The first kappa shape index (κ1) is 42.5. The topological polar surface area (TPSA) is 3.24 Å². The molecule has 0 atom stereocenters. The Morgan fingerprint density at radius 2 is 0.774 bits per heavy atom. The second-order valence-electron chi connectivity index (χ2n) is 16.0. The van der Waals surface area contributed by atoms with Crippen molar-refractivity contribution in [2.45, 2.75) is 59.4 Å².